The van der Waals surface area contributed by atoms with Crippen LogP contribution in [0.5, 0.6) is 0 Å². The number of aryl methyl sites for hydroxylation is 1. The third kappa shape index (κ3) is 7.17. The SMILES string of the molecule is CCC[c-]1cccc1.[Cl-].[Cl-].[Hf]. The quantitative estimate of drug-likeness (QED) is 0.379. The molecule has 1 rings (SSSR count). The maximum Gasteiger partial charge on any atom is 0 e. The molecule has 64 valence electrons. The second kappa shape index (κ2) is 10.8. The molecule has 3 heteroatoms. The van der Waals surface area contributed by atoms with E-state index >= 15 is 0 Å². The van der Waals surface area contributed by atoms with Gasteiger partial charge < -0.3 is 24.8 Å². The van der Waals surface area contributed by atoms with Crippen LogP contribution < -0.4 is 24.8 Å². The first-order valence-electron chi connectivity index (χ1n) is 3.14. The van der Waals surface area contributed by atoms with Crippen molar-refractivity contribution >= 4 is 0 Å². The Kier molecular flexibility index (Phi) is 17.5. The van der Waals surface area contributed by atoms with Gasteiger partial charge in [0.15, 0.2) is 0 Å². The van der Waals surface area contributed by atoms with E-state index in [9.17, 15) is 0 Å². The van der Waals surface area contributed by atoms with Crippen LogP contribution in [-0.4, -0.2) is 0 Å². The summed E-state index contributed by atoms with van der Waals surface area (Å²) in [5, 5.41) is 0. The summed E-state index contributed by atoms with van der Waals surface area (Å²) in [5.41, 5.74) is 1.47. The fraction of sp³-hybridized carbons (Fsp3) is 0.375. The van der Waals surface area contributed by atoms with Crippen molar-refractivity contribution < 1.29 is 50.7 Å². The van der Waals surface area contributed by atoms with Crippen LogP contribution >= 0.6 is 0 Å². The molecular weight excluding hydrogens is 345 g/mol. The van der Waals surface area contributed by atoms with Crippen LogP contribution in [-0.2, 0) is 32.3 Å². The average Bonchev–Trinajstić information content (AvgIpc) is 2.19. The van der Waals surface area contributed by atoms with Gasteiger partial charge in [-0.3, -0.25) is 0 Å². The van der Waals surface area contributed by atoms with Gasteiger partial charge in [-0.2, -0.15) is 17.7 Å². The molecule has 0 heterocycles. The van der Waals surface area contributed by atoms with Crippen LogP contribution in [0.1, 0.15) is 18.9 Å². The largest absolute Gasteiger partial charge is 1.00 e. The summed E-state index contributed by atoms with van der Waals surface area (Å²) in [5.74, 6) is 0. The Bertz CT molecular complexity index is 138. The van der Waals surface area contributed by atoms with E-state index in [1.165, 1.54) is 18.4 Å². The first-order valence-corrected chi connectivity index (χ1v) is 3.14. The van der Waals surface area contributed by atoms with Gasteiger partial charge in [-0.1, -0.05) is 19.8 Å². The summed E-state index contributed by atoms with van der Waals surface area (Å²) in [4.78, 5) is 0. The molecule has 0 aliphatic carbocycles. The number of hydrogen-bond donors (Lipinski definition) is 0. The van der Waals surface area contributed by atoms with Crippen molar-refractivity contribution in [2.24, 2.45) is 0 Å². The van der Waals surface area contributed by atoms with Gasteiger partial charge in [-0.15, -0.1) is 0 Å². The van der Waals surface area contributed by atoms with E-state index in [-0.39, 0.29) is 50.7 Å². The van der Waals surface area contributed by atoms with Gasteiger partial charge in [-0.05, 0) is 0 Å². The molecule has 1 aromatic carbocycles. The van der Waals surface area contributed by atoms with Crippen molar-refractivity contribution in [3.05, 3.63) is 29.8 Å². The number of halogens is 2. The third-order valence-corrected chi connectivity index (χ3v) is 1.27. The van der Waals surface area contributed by atoms with Crippen molar-refractivity contribution in [2.75, 3.05) is 0 Å². The van der Waals surface area contributed by atoms with E-state index in [0.29, 0.717) is 0 Å². The average molecular weight is 357 g/mol. The zero-order valence-electron chi connectivity index (χ0n) is 6.48. The van der Waals surface area contributed by atoms with E-state index in [1.54, 1.807) is 0 Å². The van der Waals surface area contributed by atoms with Gasteiger partial charge in [-0.25, -0.2) is 12.1 Å². The molecule has 0 nitrogen and oxygen atoms in total. The Balaban J connectivity index is -0.000000213. The van der Waals surface area contributed by atoms with Gasteiger partial charge in [0.1, 0.15) is 0 Å². The first-order chi connectivity index (χ1) is 3.93. The Hall–Kier alpha value is 0.800. The first kappa shape index (κ1) is 17.8. The van der Waals surface area contributed by atoms with Crippen molar-refractivity contribution in [3.8, 4) is 0 Å². The Morgan fingerprint density at radius 1 is 1.09 bits per heavy atom. The van der Waals surface area contributed by atoms with Crippen LogP contribution in [0.15, 0.2) is 24.3 Å². The molecule has 0 amide bonds. The molecule has 0 spiro atoms. The number of hydrogen-bond acceptors (Lipinski definition) is 0. The molecular formula is C8H11Cl2Hf-3. The zero-order valence-corrected chi connectivity index (χ0v) is 11.6. The molecule has 0 N–H and O–H groups in total. The standard InChI is InChI=1S/C8H11.2ClH.Hf/c1-2-5-8-6-3-4-7-8;;;/h3-4,6-7H,2,5H2,1H3;2*1H;/q-1;;;/p-2. The van der Waals surface area contributed by atoms with Crippen molar-refractivity contribution in [1.29, 1.82) is 0 Å². The molecule has 0 atom stereocenters. The molecule has 0 saturated carbocycles. The summed E-state index contributed by atoms with van der Waals surface area (Å²) in [7, 11) is 0. The summed E-state index contributed by atoms with van der Waals surface area (Å²) in [6.07, 6.45) is 2.48. The predicted molar refractivity (Wildman–Crippen MR) is 36.0 cm³/mol. The van der Waals surface area contributed by atoms with Crippen molar-refractivity contribution in [3.63, 3.8) is 0 Å². The van der Waals surface area contributed by atoms with Gasteiger partial charge >= 0.3 is 0 Å². The summed E-state index contributed by atoms with van der Waals surface area (Å²) >= 11 is 0. The normalized spacial score (nSPS) is 7.00. The molecule has 0 aromatic heterocycles. The van der Waals surface area contributed by atoms with Gasteiger partial charge in [0.05, 0.1) is 0 Å². The second-order valence-corrected chi connectivity index (χ2v) is 2.04. The molecule has 11 heavy (non-hydrogen) atoms. The smallest absolute Gasteiger partial charge is 0 e. The van der Waals surface area contributed by atoms with Gasteiger partial charge in [0.2, 0.25) is 0 Å². The van der Waals surface area contributed by atoms with E-state index in [0.717, 1.165) is 0 Å². The third-order valence-electron chi connectivity index (χ3n) is 1.27. The minimum atomic E-state index is 0. The molecule has 0 aliphatic rings. The van der Waals surface area contributed by atoms with Gasteiger partial charge in [0, 0.05) is 25.8 Å². The monoisotopic (exact) mass is 357 g/mol. The fourth-order valence-corrected chi connectivity index (χ4v) is 0.869. The van der Waals surface area contributed by atoms with Crippen LogP contribution in [0.4, 0.5) is 0 Å². The minimum absolute atomic E-state index is 0. The molecule has 0 radical (unpaired) electrons. The van der Waals surface area contributed by atoms with Crippen LogP contribution in [0, 0.1) is 0 Å². The molecule has 0 fully saturated rings. The zero-order chi connectivity index (χ0) is 5.82. The van der Waals surface area contributed by atoms with Crippen molar-refractivity contribution in [1.82, 2.24) is 0 Å². The number of rotatable bonds is 2. The van der Waals surface area contributed by atoms with Crippen LogP contribution in [0.25, 0.3) is 0 Å². The second-order valence-electron chi connectivity index (χ2n) is 2.04. The van der Waals surface area contributed by atoms with E-state index in [4.69, 9.17) is 0 Å². The predicted octanol–water partition coefficient (Wildman–Crippen LogP) is -3.64. The maximum atomic E-state index is 2.20. The van der Waals surface area contributed by atoms with Crippen LogP contribution in [0.2, 0.25) is 0 Å². The van der Waals surface area contributed by atoms with Crippen LogP contribution in [0.3, 0.4) is 0 Å². The Morgan fingerprint density at radius 3 is 1.91 bits per heavy atom. The summed E-state index contributed by atoms with van der Waals surface area (Å²) in [6.45, 7) is 2.20. The maximum absolute atomic E-state index is 2.20. The molecule has 0 saturated heterocycles. The van der Waals surface area contributed by atoms with Gasteiger partial charge in [0.25, 0.3) is 0 Å². The summed E-state index contributed by atoms with van der Waals surface area (Å²) in [6, 6.07) is 8.52. The van der Waals surface area contributed by atoms with E-state index < -0.39 is 0 Å². The van der Waals surface area contributed by atoms with Crippen molar-refractivity contribution in [2.45, 2.75) is 19.8 Å². The fourth-order valence-electron chi connectivity index (χ4n) is 0.869. The van der Waals surface area contributed by atoms with E-state index in [1.807, 2.05) is 0 Å². The molecule has 1 aromatic rings. The molecule has 0 bridgehead atoms. The Morgan fingerprint density at radius 2 is 1.55 bits per heavy atom. The minimum Gasteiger partial charge on any atom is -1.00 e. The topological polar surface area (TPSA) is 0 Å². The van der Waals surface area contributed by atoms with E-state index in [2.05, 4.69) is 31.2 Å². The molecule has 0 aliphatic heterocycles. The summed E-state index contributed by atoms with van der Waals surface area (Å²) < 4.78 is 0. The molecule has 0 unspecified atom stereocenters. The Labute approximate surface area is 99.7 Å².